The average molecular weight is 302 g/mol. The Hall–Kier alpha value is -2.56. The topological polar surface area (TPSA) is 46.2 Å². The van der Waals surface area contributed by atoms with Crippen LogP contribution >= 0.6 is 0 Å². The predicted molar refractivity (Wildman–Crippen MR) is 82.2 cm³/mol. The Morgan fingerprint density at radius 2 is 1.32 bits per heavy atom. The Labute approximate surface area is 129 Å². The van der Waals surface area contributed by atoms with Crippen molar-refractivity contribution in [1.82, 2.24) is 0 Å². The third-order valence-electron chi connectivity index (χ3n) is 3.65. The number of ether oxygens (including phenoxy) is 5. The lowest BCUT2D eigenvalue weighted by Crippen LogP contribution is -2.05. The van der Waals surface area contributed by atoms with Crippen LogP contribution in [0.1, 0.15) is 11.1 Å². The van der Waals surface area contributed by atoms with Crippen LogP contribution in [0.2, 0.25) is 0 Å². The first kappa shape index (κ1) is 14.4. The number of hydrogen-bond acceptors (Lipinski definition) is 5. The van der Waals surface area contributed by atoms with Crippen molar-refractivity contribution < 1.29 is 23.7 Å². The molecule has 5 nitrogen and oxygen atoms in total. The van der Waals surface area contributed by atoms with Crippen molar-refractivity contribution in [2.24, 2.45) is 0 Å². The van der Waals surface area contributed by atoms with E-state index in [1.807, 2.05) is 32.0 Å². The van der Waals surface area contributed by atoms with Gasteiger partial charge < -0.3 is 23.7 Å². The molecule has 0 saturated heterocycles. The van der Waals surface area contributed by atoms with Crippen LogP contribution in [0.4, 0.5) is 0 Å². The average Bonchev–Trinajstić information content (AvgIpc) is 2.52. The molecule has 5 heteroatoms. The monoisotopic (exact) mass is 302 g/mol. The molecule has 3 rings (SSSR count). The molecule has 0 atom stereocenters. The second-order valence-corrected chi connectivity index (χ2v) is 5.06. The molecule has 0 radical (unpaired) electrons. The van der Waals surface area contributed by atoms with Gasteiger partial charge in [-0.25, -0.2) is 0 Å². The van der Waals surface area contributed by atoms with E-state index in [1.54, 1.807) is 21.3 Å². The van der Waals surface area contributed by atoms with E-state index in [4.69, 9.17) is 23.7 Å². The van der Waals surface area contributed by atoms with Gasteiger partial charge in [-0.1, -0.05) is 0 Å². The van der Waals surface area contributed by atoms with Gasteiger partial charge in [-0.05, 0) is 37.1 Å². The van der Waals surface area contributed by atoms with Gasteiger partial charge in [0, 0.05) is 6.07 Å². The van der Waals surface area contributed by atoms with Crippen LogP contribution in [0.15, 0.2) is 18.2 Å². The maximum atomic E-state index is 6.02. The zero-order valence-corrected chi connectivity index (χ0v) is 13.3. The third-order valence-corrected chi connectivity index (χ3v) is 3.65. The van der Waals surface area contributed by atoms with Gasteiger partial charge in [-0.15, -0.1) is 0 Å². The van der Waals surface area contributed by atoms with E-state index < -0.39 is 0 Å². The van der Waals surface area contributed by atoms with Gasteiger partial charge in [0.1, 0.15) is 5.75 Å². The SMILES string of the molecule is COc1cc2c(cc1C)Oc1c(c(C)cc(OC)c1OC)O2. The van der Waals surface area contributed by atoms with E-state index in [2.05, 4.69) is 0 Å². The first-order chi connectivity index (χ1) is 10.6. The van der Waals surface area contributed by atoms with Crippen LogP contribution in [0.5, 0.6) is 40.2 Å². The number of methoxy groups -OCH3 is 3. The Morgan fingerprint density at radius 3 is 1.95 bits per heavy atom. The summed E-state index contributed by atoms with van der Waals surface area (Å²) >= 11 is 0. The maximum absolute atomic E-state index is 6.02. The predicted octanol–water partition coefficient (Wildman–Crippen LogP) is 4.23. The van der Waals surface area contributed by atoms with Crippen molar-refractivity contribution in [2.45, 2.75) is 13.8 Å². The molecule has 0 spiro atoms. The molecule has 1 aliphatic heterocycles. The summed E-state index contributed by atoms with van der Waals surface area (Å²) in [6.07, 6.45) is 0. The Bertz CT molecular complexity index is 737. The van der Waals surface area contributed by atoms with Crippen molar-refractivity contribution in [1.29, 1.82) is 0 Å². The molecule has 1 aliphatic rings. The van der Waals surface area contributed by atoms with Crippen LogP contribution in [0.3, 0.4) is 0 Å². The van der Waals surface area contributed by atoms with Gasteiger partial charge in [-0.2, -0.15) is 0 Å². The number of aryl methyl sites for hydroxylation is 2. The zero-order valence-electron chi connectivity index (χ0n) is 13.3. The fourth-order valence-corrected chi connectivity index (χ4v) is 2.53. The van der Waals surface area contributed by atoms with Crippen LogP contribution in [0, 0.1) is 13.8 Å². The number of benzene rings is 2. The minimum atomic E-state index is 0.516. The van der Waals surface area contributed by atoms with E-state index in [0.29, 0.717) is 34.5 Å². The fourth-order valence-electron chi connectivity index (χ4n) is 2.53. The molecule has 2 aromatic carbocycles. The maximum Gasteiger partial charge on any atom is 0.216 e. The molecule has 0 bridgehead atoms. The van der Waals surface area contributed by atoms with Crippen molar-refractivity contribution in [3.8, 4) is 40.2 Å². The highest BCUT2D eigenvalue weighted by Gasteiger charge is 2.28. The summed E-state index contributed by atoms with van der Waals surface area (Å²) in [5.41, 5.74) is 1.87. The molecule has 2 aromatic rings. The number of hydrogen-bond donors (Lipinski definition) is 0. The van der Waals surface area contributed by atoms with Gasteiger partial charge in [0.05, 0.1) is 21.3 Å². The molecule has 0 amide bonds. The second-order valence-electron chi connectivity index (χ2n) is 5.06. The molecule has 0 saturated carbocycles. The van der Waals surface area contributed by atoms with Gasteiger partial charge in [0.25, 0.3) is 0 Å². The van der Waals surface area contributed by atoms with E-state index in [-0.39, 0.29) is 0 Å². The van der Waals surface area contributed by atoms with Gasteiger partial charge in [0.2, 0.25) is 11.5 Å². The van der Waals surface area contributed by atoms with Crippen molar-refractivity contribution >= 4 is 0 Å². The summed E-state index contributed by atoms with van der Waals surface area (Å²) in [6.45, 7) is 3.88. The van der Waals surface area contributed by atoms with E-state index in [1.165, 1.54) is 0 Å². The summed E-state index contributed by atoms with van der Waals surface area (Å²) in [6, 6.07) is 5.56. The van der Waals surface area contributed by atoms with Crippen LogP contribution < -0.4 is 23.7 Å². The normalized spacial score (nSPS) is 11.7. The largest absolute Gasteiger partial charge is 0.496 e. The second kappa shape index (κ2) is 5.33. The Balaban J connectivity index is 2.16. The Morgan fingerprint density at radius 1 is 0.682 bits per heavy atom. The zero-order chi connectivity index (χ0) is 15.9. The summed E-state index contributed by atoms with van der Waals surface area (Å²) in [5.74, 6) is 4.26. The molecule has 0 unspecified atom stereocenters. The van der Waals surface area contributed by atoms with E-state index >= 15 is 0 Å². The van der Waals surface area contributed by atoms with Crippen molar-refractivity contribution in [2.75, 3.05) is 21.3 Å². The van der Waals surface area contributed by atoms with Crippen LogP contribution in [-0.4, -0.2) is 21.3 Å². The van der Waals surface area contributed by atoms with E-state index in [0.717, 1.165) is 16.9 Å². The smallest absolute Gasteiger partial charge is 0.216 e. The molecule has 0 aliphatic carbocycles. The third kappa shape index (κ3) is 2.09. The quantitative estimate of drug-likeness (QED) is 0.724. The van der Waals surface area contributed by atoms with Gasteiger partial charge >= 0.3 is 0 Å². The summed E-state index contributed by atoms with van der Waals surface area (Å²) in [7, 11) is 4.80. The van der Waals surface area contributed by atoms with Crippen LogP contribution in [-0.2, 0) is 0 Å². The molecule has 1 heterocycles. The van der Waals surface area contributed by atoms with Crippen molar-refractivity contribution in [3.63, 3.8) is 0 Å². The lowest BCUT2D eigenvalue weighted by molar-refractivity contribution is 0.306. The van der Waals surface area contributed by atoms with Crippen LogP contribution in [0.25, 0.3) is 0 Å². The molecular formula is C17H18O5. The van der Waals surface area contributed by atoms with Gasteiger partial charge in [-0.3, -0.25) is 0 Å². The van der Waals surface area contributed by atoms with Crippen molar-refractivity contribution in [3.05, 3.63) is 29.3 Å². The highest BCUT2D eigenvalue weighted by molar-refractivity contribution is 5.68. The van der Waals surface area contributed by atoms with E-state index in [9.17, 15) is 0 Å². The first-order valence-corrected chi connectivity index (χ1v) is 6.89. The lowest BCUT2D eigenvalue weighted by Gasteiger charge is -2.25. The Kier molecular flexibility index (Phi) is 3.48. The molecular weight excluding hydrogens is 284 g/mol. The molecule has 22 heavy (non-hydrogen) atoms. The molecule has 0 aromatic heterocycles. The number of fused-ring (bicyclic) bond motifs is 2. The highest BCUT2D eigenvalue weighted by atomic mass is 16.6. The fraction of sp³-hybridized carbons (Fsp3) is 0.294. The number of rotatable bonds is 3. The first-order valence-electron chi connectivity index (χ1n) is 6.89. The standard InChI is InChI=1S/C17H18O5/c1-9-6-12-13(8-11(9)18-3)21-15-10(2)7-14(19-4)16(20-5)17(15)22-12/h6-8H,1-5H3. The minimum absolute atomic E-state index is 0.516. The molecule has 0 fully saturated rings. The summed E-state index contributed by atoms with van der Waals surface area (Å²) < 4.78 is 28.1. The summed E-state index contributed by atoms with van der Waals surface area (Å²) in [4.78, 5) is 0. The molecule has 0 N–H and O–H groups in total. The summed E-state index contributed by atoms with van der Waals surface area (Å²) in [5, 5.41) is 0. The lowest BCUT2D eigenvalue weighted by atomic mass is 10.1. The minimum Gasteiger partial charge on any atom is -0.496 e. The molecule has 116 valence electrons. The van der Waals surface area contributed by atoms with Gasteiger partial charge in [0.15, 0.2) is 23.0 Å². The highest BCUT2D eigenvalue weighted by Crippen LogP contribution is 2.55.